The van der Waals surface area contributed by atoms with Crippen LogP contribution in [0.5, 0.6) is 0 Å². The molecule has 2 fully saturated rings. The van der Waals surface area contributed by atoms with Gasteiger partial charge in [-0.25, -0.2) is 0 Å². The van der Waals surface area contributed by atoms with E-state index in [-0.39, 0.29) is 5.78 Å². The molecule has 0 spiro atoms. The molecule has 2 aliphatic rings. The lowest BCUT2D eigenvalue weighted by atomic mass is 10.1. The summed E-state index contributed by atoms with van der Waals surface area (Å²) in [4.78, 5) is 12.6. The molecule has 0 amide bonds. The highest BCUT2D eigenvalue weighted by Gasteiger charge is 2.34. The minimum absolute atomic E-state index is 0.179. The van der Waals surface area contributed by atoms with Crippen LogP contribution in [0.15, 0.2) is 0 Å². The van der Waals surface area contributed by atoms with E-state index < -0.39 is 0 Å². The van der Waals surface area contributed by atoms with Crippen LogP contribution in [0.4, 0.5) is 10.7 Å². The van der Waals surface area contributed by atoms with Crippen molar-refractivity contribution in [2.75, 3.05) is 11.1 Å². The predicted octanol–water partition coefficient (Wildman–Crippen LogP) is 3.37. The number of hydrogen-bond acceptors (Lipinski definition) is 4. The number of nitrogens with one attached hydrogen (secondary N) is 1. The molecule has 2 aliphatic carbocycles. The molecule has 3 N–H and O–H groups in total. The first kappa shape index (κ1) is 11.1. The second kappa shape index (κ2) is 4.02. The molecule has 1 aromatic rings. The number of carbonyl (C=O) groups is 1. The predicted molar refractivity (Wildman–Crippen MR) is 72.0 cm³/mol. The standard InChI is InChI=1S/C13H18N2OS/c1-2-9(16)12-11(14)10(7-3-4-7)13(17-12)15-8-5-6-8/h7-8,15H,2-6,14H2,1H3. The van der Waals surface area contributed by atoms with Crippen molar-refractivity contribution in [2.24, 2.45) is 0 Å². The van der Waals surface area contributed by atoms with Crippen molar-refractivity contribution in [3.63, 3.8) is 0 Å². The third-order valence-corrected chi connectivity index (χ3v) is 4.65. The smallest absolute Gasteiger partial charge is 0.174 e. The minimum Gasteiger partial charge on any atom is -0.397 e. The topological polar surface area (TPSA) is 55.1 Å². The van der Waals surface area contributed by atoms with Gasteiger partial charge in [-0.2, -0.15) is 0 Å². The number of anilines is 2. The number of hydrogen-bond donors (Lipinski definition) is 2. The number of Topliss-reactive ketones (excluding diaryl/α,β-unsaturated/α-hetero) is 1. The molecule has 0 saturated heterocycles. The Morgan fingerprint density at radius 1 is 1.41 bits per heavy atom. The van der Waals surface area contributed by atoms with E-state index in [1.54, 1.807) is 11.3 Å². The molecule has 3 nitrogen and oxygen atoms in total. The molecule has 92 valence electrons. The van der Waals surface area contributed by atoms with Crippen LogP contribution in [0, 0.1) is 0 Å². The van der Waals surface area contributed by atoms with Gasteiger partial charge in [0.2, 0.25) is 0 Å². The molecule has 0 bridgehead atoms. The van der Waals surface area contributed by atoms with Gasteiger partial charge in [-0.15, -0.1) is 11.3 Å². The molecule has 4 heteroatoms. The van der Waals surface area contributed by atoms with E-state index in [2.05, 4.69) is 5.32 Å². The lowest BCUT2D eigenvalue weighted by molar-refractivity contribution is 0.0993. The van der Waals surface area contributed by atoms with Gasteiger partial charge in [-0.3, -0.25) is 4.79 Å². The molecule has 0 radical (unpaired) electrons. The Morgan fingerprint density at radius 2 is 2.12 bits per heavy atom. The quantitative estimate of drug-likeness (QED) is 0.788. The summed E-state index contributed by atoms with van der Waals surface area (Å²) in [5.41, 5.74) is 8.16. The number of thiophene rings is 1. The third-order valence-electron chi connectivity index (χ3n) is 3.46. The van der Waals surface area contributed by atoms with Crippen LogP contribution in [0.3, 0.4) is 0 Å². The number of nitrogens with two attached hydrogens (primary N) is 1. The van der Waals surface area contributed by atoms with Gasteiger partial charge in [-0.05, 0) is 31.6 Å². The van der Waals surface area contributed by atoms with E-state index in [1.807, 2.05) is 6.92 Å². The molecule has 0 atom stereocenters. The van der Waals surface area contributed by atoms with Crippen molar-refractivity contribution in [1.29, 1.82) is 0 Å². The highest BCUT2D eigenvalue weighted by atomic mass is 32.1. The number of rotatable bonds is 5. The van der Waals surface area contributed by atoms with Crippen LogP contribution >= 0.6 is 11.3 Å². The molecule has 2 saturated carbocycles. The van der Waals surface area contributed by atoms with Crippen LogP contribution in [0.25, 0.3) is 0 Å². The molecule has 0 unspecified atom stereocenters. The first-order chi connectivity index (χ1) is 8.20. The van der Waals surface area contributed by atoms with Crippen molar-refractivity contribution >= 4 is 27.8 Å². The zero-order valence-corrected chi connectivity index (χ0v) is 10.9. The van der Waals surface area contributed by atoms with E-state index in [0.29, 0.717) is 18.4 Å². The summed E-state index contributed by atoms with van der Waals surface area (Å²) in [6.07, 6.45) is 5.48. The summed E-state index contributed by atoms with van der Waals surface area (Å²) >= 11 is 1.57. The second-order valence-electron chi connectivity index (χ2n) is 5.06. The fourth-order valence-electron chi connectivity index (χ4n) is 2.12. The normalized spacial score (nSPS) is 19.4. The Kier molecular flexibility index (Phi) is 2.62. The van der Waals surface area contributed by atoms with E-state index in [0.717, 1.165) is 10.6 Å². The second-order valence-corrected chi connectivity index (χ2v) is 6.08. The zero-order chi connectivity index (χ0) is 12.0. The Hall–Kier alpha value is -1.03. The van der Waals surface area contributed by atoms with Crippen LogP contribution in [0.2, 0.25) is 0 Å². The van der Waals surface area contributed by atoms with Gasteiger partial charge in [0.15, 0.2) is 5.78 Å². The van der Waals surface area contributed by atoms with Crippen LogP contribution < -0.4 is 11.1 Å². The van der Waals surface area contributed by atoms with Gasteiger partial charge >= 0.3 is 0 Å². The Morgan fingerprint density at radius 3 is 2.65 bits per heavy atom. The van der Waals surface area contributed by atoms with Crippen LogP contribution in [-0.4, -0.2) is 11.8 Å². The fourth-order valence-corrected chi connectivity index (χ4v) is 3.42. The average Bonchev–Trinajstić information content (AvgIpc) is 3.19. The van der Waals surface area contributed by atoms with Crippen molar-refractivity contribution in [3.8, 4) is 0 Å². The summed E-state index contributed by atoms with van der Waals surface area (Å²) < 4.78 is 0. The maximum atomic E-state index is 11.8. The fraction of sp³-hybridized carbons (Fsp3) is 0.615. The van der Waals surface area contributed by atoms with Gasteiger partial charge in [-0.1, -0.05) is 6.92 Å². The lowest BCUT2D eigenvalue weighted by Crippen LogP contribution is -2.02. The first-order valence-corrected chi connectivity index (χ1v) is 7.24. The number of nitrogen functional groups attached to an aromatic ring is 1. The summed E-state index contributed by atoms with van der Waals surface area (Å²) in [5, 5.41) is 4.70. The van der Waals surface area contributed by atoms with Gasteiger partial charge in [0.25, 0.3) is 0 Å². The van der Waals surface area contributed by atoms with E-state index in [4.69, 9.17) is 5.73 Å². The monoisotopic (exact) mass is 250 g/mol. The highest BCUT2D eigenvalue weighted by molar-refractivity contribution is 7.18. The minimum atomic E-state index is 0.179. The van der Waals surface area contributed by atoms with Gasteiger partial charge in [0.1, 0.15) is 0 Å². The number of ketones is 1. The first-order valence-electron chi connectivity index (χ1n) is 6.42. The summed E-state index contributed by atoms with van der Waals surface area (Å²) in [7, 11) is 0. The molecule has 17 heavy (non-hydrogen) atoms. The lowest BCUT2D eigenvalue weighted by Gasteiger charge is -2.05. The maximum Gasteiger partial charge on any atom is 0.174 e. The molecular weight excluding hydrogens is 232 g/mol. The largest absolute Gasteiger partial charge is 0.397 e. The third kappa shape index (κ3) is 2.06. The van der Waals surface area contributed by atoms with E-state index >= 15 is 0 Å². The summed E-state index contributed by atoms with van der Waals surface area (Å²) in [6, 6.07) is 0.620. The van der Waals surface area contributed by atoms with E-state index in [1.165, 1.54) is 36.2 Å². The highest BCUT2D eigenvalue weighted by Crippen LogP contribution is 2.51. The Bertz CT molecular complexity index is 458. The van der Waals surface area contributed by atoms with Gasteiger partial charge in [0.05, 0.1) is 15.6 Å². The van der Waals surface area contributed by atoms with Gasteiger partial charge < -0.3 is 11.1 Å². The van der Waals surface area contributed by atoms with E-state index in [9.17, 15) is 4.79 Å². The molecular formula is C13H18N2OS. The molecule has 3 rings (SSSR count). The Balaban J connectivity index is 1.96. The molecule has 1 aromatic heterocycles. The molecule has 0 aliphatic heterocycles. The zero-order valence-electron chi connectivity index (χ0n) is 10.1. The average molecular weight is 250 g/mol. The van der Waals surface area contributed by atoms with Crippen molar-refractivity contribution in [3.05, 3.63) is 10.4 Å². The van der Waals surface area contributed by atoms with Crippen molar-refractivity contribution in [1.82, 2.24) is 0 Å². The van der Waals surface area contributed by atoms with Crippen LogP contribution in [-0.2, 0) is 0 Å². The SMILES string of the molecule is CCC(=O)c1sc(NC2CC2)c(C2CC2)c1N. The van der Waals surface area contributed by atoms with Crippen molar-refractivity contribution < 1.29 is 4.79 Å². The molecule has 1 heterocycles. The number of carbonyl (C=O) groups excluding carboxylic acids is 1. The van der Waals surface area contributed by atoms with Crippen molar-refractivity contribution in [2.45, 2.75) is 51.0 Å². The maximum absolute atomic E-state index is 11.8. The summed E-state index contributed by atoms with van der Waals surface area (Å²) in [6.45, 7) is 1.90. The molecule has 0 aromatic carbocycles. The summed E-state index contributed by atoms with van der Waals surface area (Å²) in [5.74, 6) is 0.782. The van der Waals surface area contributed by atoms with Crippen LogP contribution in [0.1, 0.15) is 60.2 Å². The Labute approximate surface area is 105 Å². The van der Waals surface area contributed by atoms with Gasteiger partial charge in [0, 0.05) is 18.0 Å².